The molecule has 3 aromatic carbocycles. The molecule has 1 amide bonds. The van der Waals surface area contributed by atoms with Crippen LogP contribution >= 0.6 is 11.8 Å². The van der Waals surface area contributed by atoms with E-state index < -0.39 is 29.6 Å². The molecule has 0 spiro atoms. The Hall–Kier alpha value is -3.12. The SMILES string of the molecule is O=C(COC(=O)[C@H](Sc1ccccc1)c1ccccc1)Nc1ccc(F)cc1. The zero-order valence-corrected chi connectivity index (χ0v) is 15.7. The fourth-order valence-electron chi connectivity index (χ4n) is 2.46. The normalized spacial score (nSPS) is 11.5. The third kappa shape index (κ3) is 5.69. The number of hydrogen-bond donors (Lipinski definition) is 1. The Morgan fingerprint density at radius 2 is 1.50 bits per heavy atom. The van der Waals surface area contributed by atoms with Crippen molar-refractivity contribution in [1.29, 1.82) is 0 Å². The van der Waals surface area contributed by atoms with Crippen molar-refractivity contribution in [2.75, 3.05) is 11.9 Å². The molecule has 0 radical (unpaired) electrons. The second kappa shape index (κ2) is 9.71. The summed E-state index contributed by atoms with van der Waals surface area (Å²) in [4.78, 5) is 25.6. The second-order valence-corrected chi connectivity index (χ2v) is 7.06. The number of amides is 1. The van der Waals surface area contributed by atoms with Gasteiger partial charge >= 0.3 is 5.97 Å². The molecular weight excluding hydrogens is 377 g/mol. The van der Waals surface area contributed by atoms with Crippen LogP contribution in [-0.4, -0.2) is 18.5 Å². The van der Waals surface area contributed by atoms with Gasteiger partial charge in [-0.2, -0.15) is 0 Å². The summed E-state index contributed by atoms with van der Waals surface area (Å²) in [6, 6.07) is 24.1. The van der Waals surface area contributed by atoms with Crippen LogP contribution in [0.2, 0.25) is 0 Å². The van der Waals surface area contributed by atoms with Gasteiger partial charge in [0.1, 0.15) is 11.1 Å². The molecule has 6 heteroatoms. The maximum Gasteiger partial charge on any atom is 0.324 e. The standard InChI is InChI=1S/C22H18FNO3S/c23-17-11-13-18(14-12-17)24-20(25)15-27-22(26)21(16-7-3-1-4-8-16)28-19-9-5-2-6-10-19/h1-14,21H,15H2,(H,24,25)/t21-/m1/s1. The van der Waals surface area contributed by atoms with Crippen molar-refractivity contribution in [3.05, 3.63) is 96.3 Å². The molecule has 4 nitrogen and oxygen atoms in total. The van der Waals surface area contributed by atoms with E-state index in [1.807, 2.05) is 60.7 Å². The first-order chi connectivity index (χ1) is 13.6. The van der Waals surface area contributed by atoms with Gasteiger partial charge < -0.3 is 10.1 Å². The molecule has 0 unspecified atom stereocenters. The van der Waals surface area contributed by atoms with Crippen LogP contribution in [0.4, 0.5) is 10.1 Å². The number of carbonyl (C=O) groups is 2. The van der Waals surface area contributed by atoms with E-state index in [1.54, 1.807) is 0 Å². The van der Waals surface area contributed by atoms with Crippen molar-refractivity contribution in [3.8, 4) is 0 Å². The Morgan fingerprint density at radius 3 is 2.14 bits per heavy atom. The molecule has 0 heterocycles. The van der Waals surface area contributed by atoms with Crippen LogP contribution in [0.5, 0.6) is 0 Å². The number of nitrogens with one attached hydrogen (secondary N) is 1. The monoisotopic (exact) mass is 395 g/mol. The van der Waals surface area contributed by atoms with Crippen molar-refractivity contribution >= 4 is 29.3 Å². The van der Waals surface area contributed by atoms with Crippen LogP contribution in [0.25, 0.3) is 0 Å². The van der Waals surface area contributed by atoms with E-state index in [0.29, 0.717) is 5.69 Å². The second-order valence-electron chi connectivity index (χ2n) is 5.88. The minimum Gasteiger partial charge on any atom is -0.454 e. The molecule has 0 saturated carbocycles. The van der Waals surface area contributed by atoms with E-state index in [0.717, 1.165) is 10.5 Å². The average molecular weight is 395 g/mol. The highest BCUT2D eigenvalue weighted by Crippen LogP contribution is 2.36. The van der Waals surface area contributed by atoms with Crippen LogP contribution in [0.3, 0.4) is 0 Å². The lowest BCUT2D eigenvalue weighted by molar-refractivity contribution is -0.146. The summed E-state index contributed by atoms with van der Waals surface area (Å²) >= 11 is 1.36. The number of rotatable bonds is 7. The molecular formula is C22H18FNO3S. The molecule has 0 aromatic heterocycles. The van der Waals surface area contributed by atoms with E-state index in [4.69, 9.17) is 4.74 Å². The Labute approximate surface area is 166 Å². The number of anilines is 1. The summed E-state index contributed by atoms with van der Waals surface area (Å²) in [6.45, 7) is -0.422. The first-order valence-corrected chi connectivity index (χ1v) is 9.48. The third-order valence-electron chi connectivity index (χ3n) is 3.79. The molecule has 142 valence electrons. The topological polar surface area (TPSA) is 55.4 Å². The lowest BCUT2D eigenvalue weighted by Gasteiger charge is -2.16. The molecule has 0 aliphatic carbocycles. The van der Waals surface area contributed by atoms with Gasteiger partial charge in [-0.05, 0) is 42.0 Å². The molecule has 0 aliphatic heterocycles. The molecule has 1 atom stereocenters. The summed E-state index contributed by atoms with van der Waals surface area (Å²) < 4.78 is 18.2. The van der Waals surface area contributed by atoms with Gasteiger partial charge in [-0.15, -0.1) is 11.8 Å². The number of esters is 1. The maximum absolute atomic E-state index is 12.9. The molecule has 0 aliphatic rings. The quantitative estimate of drug-likeness (QED) is 0.459. The molecule has 3 aromatic rings. The molecule has 28 heavy (non-hydrogen) atoms. The first-order valence-electron chi connectivity index (χ1n) is 8.60. The number of carbonyl (C=O) groups excluding carboxylic acids is 2. The number of halogens is 1. The number of thioether (sulfide) groups is 1. The van der Waals surface area contributed by atoms with Crippen molar-refractivity contribution < 1.29 is 18.7 Å². The fraction of sp³-hybridized carbons (Fsp3) is 0.0909. The summed E-state index contributed by atoms with van der Waals surface area (Å²) in [5, 5.41) is 1.97. The van der Waals surface area contributed by atoms with Crippen LogP contribution < -0.4 is 5.32 Å². The van der Waals surface area contributed by atoms with Gasteiger partial charge in [-0.25, -0.2) is 4.39 Å². The maximum atomic E-state index is 12.9. The lowest BCUT2D eigenvalue weighted by Crippen LogP contribution is -2.23. The van der Waals surface area contributed by atoms with Crippen LogP contribution in [-0.2, 0) is 14.3 Å². The lowest BCUT2D eigenvalue weighted by atomic mass is 10.1. The number of ether oxygens (including phenoxy) is 1. The summed E-state index contributed by atoms with van der Waals surface area (Å²) in [6.07, 6.45) is 0. The minimum atomic E-state index is -0.595. The minimum absolute atomic E-state index is 0.395. The average Bonchev–Trinajstić information content (AvgIpc) is 2.73. The predicted molar refractivity (Wildman–Crippen MR) is 107 cm³/mol. The van der Waals surface area contributed by atoms with Crippen molar-refractivity contribution in [3.63, 3.8) is 0 Å². The molecule has 1 N–H and O–H groups in total. The van der Waals surface area contributed by atoms with Gasteiger partial charge in [0.05, 0.1) is 0 Å². The molecule has 0 bridgehead atoms. The van der Waals surface area contributed by atoms with Gasteiger partial charge in [0.15, 0.2) is 6.61 Å². The number of benzene rings is 3. The van der Waals surface area contributed by atoms with Gasteiger partial charge in [0, 0.05) is 10.6 Å². The van der Waals surface area contributed by atoms with Crippen molar-refractivity contribution in [1.82, 2.24) is 0 Å². The molecule has 0 fully saturated rings. The Balaban J connectivity index is 1.64. The Kier molecular flexibility index (Phi) is 6.81. The van der Waals surface area contributed by atoms with Gasteiger partial charge in [0.25, 0.3) is 5.91 Å². The zero-order valence-electron chi connectivity index (χ0n) is 14.9. The summed E-state index contributed by atoms with van der Waals surface area (Å²) in [7, 11) is 0. The van der Waals surface area contributed by atoms with Crippen molar-refractivity contribution in [2.45, 2.75) is 10.1 Å². The van der Waals surface area contributed by atoms with E-state index >= 15 is 0 Å². The Morgan fingerprint density at radius 1 is 0.893 bits per heavy atom. The largest absolute Gasteiger partial charge is 0.454 e. The molecule has 3 rings (SSSR count). The third-order valence-corrected chi connectivity index (χ3v) is 5.03. The highest BCUT2D eigenvalue weighted by molar-refractivity contribution is 8.00. The van der Waals surface area contributed by atoms with Gasteiger partial charge in [-0.3, -0.25) is 9.59 Å². The summed E-state index contributed by atoms with van der Waals surface area (Å²) in [5.41, 5.74) is 1.22. The summed E-state index contributed by atoms with van der Waals surface area (Å²) in [5.74, 6) is -1.39. The van der Waals surface area contributed by atoms with Crippen molar-refractivity contribution in [2.24, 2.45) is 0 Å². The first kappa shape index (κ1) is 19.6. The number of hydrogen-bond acceptors (Lipinski definition) is 4. The van der Waals surface area contributed by atoms with E-state index in [-0.39, 0.29) is 0 Å². The highest BCUT2D eigenvalue weighted by Gasteiger charge is 2.24. The zero-order chi connectivity index (χ0) is 19.8. The van der Waals surface area contributed by atoms with Crippen LogP contribution in [0, 0.1) is 5.82 Å². The smallest absolute Gasteiger partial charge is 0.324 e. The van der Waals surface area contributed by atoms with Crippen LogP contribution in [0.1, 0.15) is 10.8 Å². The van der Waals surface area contributed by atoms with Gasteiger partial charge in [0.2, 0.25) is 0 Å². The van der Waals surface area contributed by atoms with E-state index in [2.05, 4.69) is 5.32 Å². The highest BCUT2D eigenvalue weighted by atomic mass is 32.2. The fourth-order valence-corrected chi connectivity index (χ4v) is 3.50. The van der Waals surface area contributed by atoms with E-state index in [9.17, 15) is 14.0 Å². The Bertz CT molecular complexity index is 918. The van der Waals surface area contributed by atoms with Gasteiger partial charge in [-0.1, -0.05) is 48.5 Å². The predicted octanol–water partition coefficient (Wildman–Crippen LogP) is 4.84. The van der Waals surface area contributed by atoms with E-state index in [1.165, 1.54) is 36.0 Å². The molecule has 0 saturated heterocycles. The van der Waals surface area contributed by atoms with Crippen LogP contribution in [0.15, 0.2) is 89.8 Å².